The number of sulfone groups is 1. The molecular weight excluding hydrogens is 188 g/mol. The van der Waals surface area contributed by atoms with E-state index in [9.17, 15) is 13.5 Å². The van der Waals surface area contributed by atoms with Gasteiger partial charge >= 0.3 is 0 Å². The number of rotatable bonds is 5. The lowest BCUT2D eigenvalue weighted by Crippen LogP contribution is -2.27. The first kappa shape index (κ1) is 11.0. The third-order valence-electron chi connectivity index (χ3n) is 2.65. The molecule has 0 bridgehead atoms. The van der Waals surface area contributed by atoms with E-state index in [-0.39, 0.29) is 5.75 Å². The zero-order valence-electron chi connectivity index (χ0n) is 8.28. The molecule has 0 aliphatic heterocycles. The van der Waals surface area contributed by atoms with E-state index < -0.39 is 15.4 Å². The summed E-state index contributed by atoms with van der Waals surface area (Å²) in [4.78, 5) is 0. The standard InChI is InChI=1S/C9H18O3S/c1-9(10,8-4-5-8)6-3-7-13(2,11)12/h8,10H,3-7H2,1-2H3. The molecule has 1 atom stereocenters. The highest BCUT2D eigenvalue weighted by molar-refractivity contribution is 7.90. The van der Waals surface area contributed by atoms with E-state index in [0.29, 0.717) is 18.8 Å². The normalized spacial score (nSPS) is 22.7. The number of hydrogen-bond donors (Lipinski definition) is 1. The zero-order valence-corrected chi connectivity index (χ0v) is 9.10. The highest BCUT2D eigenvalue weighted by Crippen LogP contribution is 2.41. The van der Waals surface area contributed by atoms with E-state index in [1.807, 2.05) is 6.92 Å². The molecule has 1 aliphatic rings. The molecule has 0 amide bonds. The third kappa shape index (κ3) is 4.09. The Morgan fingerprint density at radius 1 is 1.46 bits per heavy atom. The molecule has 0 heterocycles. The first-order chi connectivity index (χ1) is 5.81. The van der Waals surface area contributed by atoms with E-state index >= 15 is 0 Å². The van der Waals surface area contributed by atoms with Crippen molar-refractivity contribution in [2.75, 3.05) is 12.0 Å². The van der Waals surface area contributed by atoms with E-state index in [4.69, 9.17) is 0 Å². The van der Waals surface area contributed by atoms with Gasteiger partial charge < -0.3 is 5.11 Å². The molecule has 3 nitrogen and oxygen atoms in total. The Morgan fingerprint density at radius 3 is 2.38 bits per heavy atom. The minimum Gasteiger partial charge on any atom is -0.390 e. The van der Waals surface area contributed by atoms with Crippen LogP contribution in [0.4, 0.5) is 0 Å². The molecule has 0 aromatic heterocycles. The van der Waals surface area contributed by atoms with Crippen molar-refractivity contribution in [3.63, 3.8) is 0 Å². The predicted octanol–water partition coefficient (Wildman–Crippen LogP) is 0.972. The van der Waals surface area contributed by atoms with Crippen molar-refractivity contribution in [1.29, 1.82) is 0 Å². The highest BCUT2D eigenvalue weighted by Gasteiger charge is 2.39. The largest absolute Gasteiger partial charge is 0.390 e. The maximum absolute atomic E-state index is 10.8. The maximum Gasteiger partial charge on any atom is 0.147 e. The summed E-state index contributed by atoms with van der Waals surface area (Å²) in [6.07, 6.45) is 4.59. The van der Waals surface area contributed by atoms with Gasteiger partial charge in [0.05, 0.1) is 5.60 Å². The van der Waals surface area contributed by atoms with Gasteiger partial charge in [0, 0.05) is 12.0 Å². The maximum atomic E-state index is 10.8. The number of aliphatic hydroxyl groups is 1. The van der Waals surface area contributed by atoms with Crippen LogP contribution in [0.1, 0.15) is 32.6 Å². The Morgan fingerprint density at radius 2 is 2.00 bits per heavy atom. The molecule has 13 heavy (non-hydrogen) atoms. The summed E-state index contributed by atoms with van der Waals surface area (Å²) in [5, 5.41) is 9.86. The van der Waals surface area contributed by atoms with Crippen molar-refractivity contribution < 1.29 is 13.5 Å². The Bertz CT molecular complexity index is 263. The van der Waals surface area contributed by atoms with Crippen LogP contribution in [0.5, 0.6) is 0 Å². The van der Waals surface area contributed by atoms with Crippen molar-refractivity contribution in [1.82, 2.24) is 0 Å². The van der Waals surface area contributed by atoms with Crippen LogP contribution in [-0.2, 0) is 9.84 Å². The number of hydrogen-bond acceptors (Lipinski definition) is 3. The fourth-order valence-corrected chi connectivity index (χ4v) is 2.27. The van der Waals surface area contributed by atoms with Gasteiger partial charge in [0.15, 0.2) is 0 Å². The van der Waals surface area contributed by atoms with Crippen molar-refractivity contribution in [2.45, 2.75) is 38.2 Å². The van der Waals surface area contributed by atoms with Crippen molar-refractivity contribution in [2.24, 2.45) is 5.92 Å². The minimum absolute atomic E-state index is 0.190. The molecule has 0 saturated heterocycles. The summed E-state index contributed by atoms with van der Waals surface area (Å²) >= 11 is 0. The van der Waals surface area contributed by atoms with E-state index in [1.54, 1.807) is 0 Å². The second kappa shape index (κ2) is 3.58. The lowest BCUT2D eigenvalue weighted by atomic mass is 9.95. The van der Waals surface area contributed by atoms with Crippen LogP contribution in [0.2, 0.25) is 0 Å². The van der Waals surface area contributed by atoms with E-state index in [1.165, 1.54) is 6.26 Å². The fraction of sp³-hybridized carbons (Fsp3) is 1.00. The van der Waals surface area contributed by atoms with Crippen LogP contribution >= 0.6 is 0 Å². The van der Waals surface area contributed by atoms with Gasteiger partial charge in [-0.3, -0.25) is 0 Å². The van der Waals surface area contributed by atoms with Crippen molar-refractivity contribution >= 4 is 9.84 Å². The average molecular weight is 206 g/mol. The second-order valence-electron chi connectivity index (χ2n) is 4.36. The Hall–Kier alpha value is -0.0900. The van der Waals surface area contributed by atoms with Gasteiger partial charge in [0.1, 0.15) is 9.84 Å². The molecule has 1 aliphatic carbocycles. The van der Waals surface area contributed by atoms with Crippen LogP contribution in [-0.4, -0.2) is 31.1 Å². The quantitative estimate of drug-likeness (QED) is 0.729. The summed E-state index contributed by atoms with van der Waals surface area (Å²) in [5.41, 5.74) is -0.634. The lowest BCUT2D eigenvalue weighted by Gasteiger charge is -2.22. The molecule has 4 heteroatoms. The van der Waals surface area contributed by atoms with Crippen LogP contribution < -0.4 is 0 Å². The van der Waals surface area contributed by atoms with Crippen LogP contribution in [0.15, 0.2) is 0 Å². The molecule has 0 spiro atoms. The molecule has 0 aromatic carbocycles. The molecule has 78 valence electrons. The van der Waals surface area contributed by atoms with Gasteiger partial charge in [-0.15, -0.1) is 0 Å². The lowest BCUT2D eigenvalue weighted by molar-refractivity contribution is 0.0276. The zero-order chi connectivity index (χ0) is 10.1. The third-order valence-corrected chi connectivity index (χ3v) is 3.69. The summed E-state index contributed by atoms with van der Waals surface area (Å²) < 4.78 is 21.6. The molecule has 0 radical (unpaired) electrons. The predicted molar refractivity (Wildman–Crippen MR) is 52.3 cm³/mol. The molecule has 1 rings (SSSR count). The highest BCUT2D eigenvalue weighted by atomic mass is 32.2. The molecule has 0 aromatic rings. The summed E-state index contributed by atoms with van der Waals surface area (Å²) in [6.45, 7) is 1.81. The van der Waals surface area contributed by atoms with E-state index in [2.05, 4.69) is 0 Å². The van der Waals surface area contributed by atoms with E-state index in [0.717, 1.165) is 12.8 Å². The van der Waals surface area contributed by atoms with Gasteiger partial charge in [-0.25, -0.2) is 8.42 Å². The topological polar surface area (TPSA) is 54.4 Å². The first-order valence-corrected chi connectivity index (χ1v) is 6.77. The smallest absolute Gasteiger partial charge is 0.147 e. The first-order valence-electron chi connectivity index (χ1n) is 4.71. The average Bonchev–Trinajstić information content (AvgIpc) is 2.62. The molecule has 1 unspecified atom stereocenters. The van der Waals surface area contributed by atoms with Crippen LogP contribution in [0.3, 0.4) is 0 Å². The Labute approximate surface area is 80.1 Å². The summed E-state index contributed by atoms with van der Waals surface area (Å²) in [5.74, 6) is 0.600. The fourth-order valence-electron chi connectivity index (χ4n) is 1.60. The monoisotopic (exact) mass is 206 g/mol. The van der Waals surface area contributed by atoms with Gasteiger partial charge in [-0.1, -0.05) is 0 Å². The van der Waals surface area contributed by atoms with Crippen LogP contribution in [0.25, 0.3) is 0 Å². The SMILES string of the molecule is CC(O)(CCCS(C)(=O)=O)C1CC1. The molecule has 1 saturated carbocycles. The second-order valence-corrected chi connectivity index (χ2v) is 6.62. The molecule has 1 fully saturated rings. The van der Waals surface area contributed by atoms with Crippen molar-refractivity contribution in [3.8, 4) is 0 Å². The van der Waals surface area contributed by atoms with Gasteiger partial charge in [-0.05, 0) is 38.5 Å². The van der Waals surface area contributed by atoms with Gasteiger partial charge in [0.2, 0.25) is 0 Å². The van der Waals surface area contributed by atoms with Gasteiger partial charge in [0.25, 0.3) is 0 Å². The Kier molecular flexibility index (Phi) is 3.02. The minimum atomic E-state index is -2.86. The van der Waals surface area contributed by atoms with Gasteiger partial charge in [-0.2, -0.15) is 0 Å². The Balaban J connectivity index is 2.25. The summed E-state index contributed by atoms with van der Waals surface area (Å²) in [6, 6.07) is 0. The summed E-state index contributed by atoms with van der Waals surface area (Å²) in [7, 11) is -2.86. The molecular formula is C9H18O3S. The van der Waals surface area contributed by atoms with Crippen LogP contribution in [0, 0.1) is 5.92 Å². The molecule has 1 N–H and O–H groups in total. The van der Waals surface area contributed by atoms with Crippen molar-refractivity contribution in [3.05, 3.63) is 0 Å².